The standard InChI is InChI=1S/C24H33N7S/c1-3-19-10-20-22(26-16-27-23(20)32-19)30-9-6-24(13-30)14-31(15-24)21(17-4-7-25-8-5-17)18-11-28-29(2)12-18/h10-12,16-17,21,25H,3-9,13-15H2,1-2H3/t21-/m0/s1. The Balaban J connectivity index is 1.20. The van der Waals surface area contributed by atoms with Crippen LogP contribution < -0.4 is 10.2 Å². The van der Waals surface area contributed by atoms with Crippen molar-refractivity contribution in [2.45, 2.75) is 38.6 Å². The van der Waals surface area contributed by atoms with E-state index in [0.717, 1.165) is 49.2 Å². The molecule has 3 aromatic rings. The van der Waals surface area contributed by atoms with E-state index in [2.05, 4.69) is 50.6 Å². The van der Waals surface area contributed by atoms with Gasteiger partial charge in [0.2, 0.25) is 0 Å². The van der Waals surface area contributed by atoms with Gasteiger partial charge in [0.25, 0.3) is 0 Å². The SMILES string of the molecule is CCc1cc2c(N3CCC4(C3)CN([C@H](c3cnn(C)c3)C3CCNCC3)C4)ncnc2s1. The van der Waals surface area contributed by atoms with E-state index in [1.807, 2.05) is 23.1 Å². The third-order valence-corrected chi connectivity index (χ3v) is 9.00. The van der Waals surface area contributed by atoms with Crippen LogP contribution in [-0.2, 0) is 13.5 Å². The number of aryl methyl sites for hydroxylation is 2. The van der Waals surface area contributed by atoms with Gasteiger partial charge in [0.15, 0.2) is 0 Å². The molecule has 1 atom stereocenters. The third-order valence-electron chi connectivity index (χ3n) is 7.81. The number of piperidine rings is 1. The van der Waals surface area contributed by atoms with Gasteiger partial charge < -0.3 is 10.2 Å². The molecule has 8 heteroatoms. The first-order valence-electron chi connectivity index (χ1n) is 12.1. The minimum atomic E-state index is 0.397. The Morgan fingerprint density at radius 1 is 1.22 bits per heavy atom. The van der Waals surface area contributed by atoms with Crippen LogP contribution in [0.3, 0.4) is 0 Å². The highest BCUT2D eigenvalue weighted by molar-refractivity contribution is 7.18. The average Bonchev–Trinajstić information content (AvgIpc) is 3.52. The molecular weight excluding hydrogens is 418 g/mol. The lowest BCUT2D eigenvalue weighted by atomic mass is 9.75. The predicted molar refractivity (Wildman–Crippen MR) is 129 cm³/mol. The zero-order valence-electron chi connectivity index (χ0n) is 19.1. The molecule has 3 saturated heterocycles. The summed E-state index contributed by atoms with van der Waals surface area (Å²) in [7, 11) is 2.03. The molecule has 32 heavy (non-hydrogen) atoms. The van der Waals surface area contributed by atoms with Crippen molar-refractivity contribution in [3.05, 3.63) is 35.2 Å². The van der Waals surface area contributed by atoms with Gasteiger partial charge in [-0.25, -0.2) is 9.97 Å². The summed E-state index contributed by atoms with van der Waals surface area (Å²) in [5, 5.41) is 9.28. The topological polar surface area (TPSA) is 62.1 Å². The van der Waals surface area contributed by atoms with Crippen molar-refractivity contribution in [2.24, 2.45) is 18.4 Å². The zero-order chi connectivity index (χ0) is 21.7. The van der Waals surface area contributed by atoms with Crippen molar-refractivity contribution in [1.82, 2.24) is 30.0 Å². The zero-order valence-corrected chi connectivity index (χ0v) is 19.9. The van der Waals surface area contributed by atoms with Crippen LogP contribution in [0.25, 0.3) is 10.2 Å². The Labute approximate surface area is 193 Å². The Kier molecular flexibility index (Phi) is 5.19. The van der Waals surface area contributed by atoms with Crippen LogP contribution in [0.4, 0.5) is 5.82 Å². The number of thiophene rings is 1. The van der Waals surface area contributed by atoms with E-state index in [9.17, 15) is 0 Å². The Morgan fingerprint density at radius 2 is 2.06 bits per heavy atom. The van der Waals surface area contributed by atoms with Crippen molar-refractivity contribution >= 4 is 27.4 Å². The molecule has 3 aliphatic heterocycles. The van der Waals surface area contributed by atoms with E-state index in [1.54, 1.807) is 6.33 Å². The van der Waals surface area contributed by atoms with Crippen LogP contribution in [0.5, 0.6) is 0 Å². The van der Waals surface area contributed by atoms with Gasteiger partial charge in [0, 0.05) is 61.3 Å². The third kappa shape index (κ3) is 3.53. The summed E-state index contributed by atoms with van der Waals surface area (Å²) >= 11 is 1.81. The summed E-state index contributed by atoms with van der Waals surface area (Å²) in [4.78, 5) is 17.1. The summed E-state index contributed by atoms with van der Waals surface area (Å²) in [6.07, 6.45) is 10.9. The number of hydrogen-bond acceptors (Lipinski definition) is 7. The average molecular weight is 452 g/mol. The second-order valence-electron chi connectivity index (χ2n) is 10.0. The van der Waals surface area contributed by atoms with Crippen molar-refractivity contribution in [2.75, 3.05) is 44.2 Å². The Bertz CT molecular complexity index is 1090. The summed E-state index contributed by atoms with van der Waals surface area (Å²) < 4.78 is 1.96. The highest BCUT2D eigenvalue weighted by Crippen LogP contribution is 2.48. The molecule has 3 aliphatic rings. The molecule has 3 fully saturated rings. The van der Waals surface area contributed by atoms with Crippen LogP contribution in [0.1, 0.15) is 42.7 Å². The highest BCUT2D eigenvalue weighted by atomic mass is 32.1. The second kappa shape index (κ2) is 8.08. The molecule has 0 amide bonds. The first-order chi connectivity index (χ1) is 15.6. The largest absolute Gasteiger partial charge is 0.355 e. The molecular formula is C24H33N7S. The maximum absolute atomic E-state index is 4.73. The van der Waals surface area contributed by atoms with Gasteiger partial charge in [-0.3, -0.25) is 9.58 Å². The number of rotatable bonds is 5. The number of aromatic nitrogens is 4. The molecule has 7 nitrogen and oxygen atoms in total. The maximum atomic E-state index is 4.73. The normalized spacial score (nSPS) is 22.6. The van der Waals surface area contributed by atoms with Gasteiger partial charge in [-0.2, -0.15) is 5.10 Å². The summed E-state index contributed by atoms with van der Waals surface area (Å²) in [6, 6.07) is 2.81. The molecule has 6 heterocycles. The molecule has 0 aromatic carbocycles. The quantitative estimate of drug-likeness (QED) is 0.643. The predicted octanol–water partition coefficient (Wildman–Crippen LogP) is 3.24. The summed E-state index contributed by atoms with van der Waals surface area (Å²) in [5.41, 5.74) is 1.79. The van der Waals surface area contributed by atoms with Gasteiger partial charge in [-0.05, 0) is 50.8 Å². The Morgan fingerprint density at radius 3 is 2.81 bits per heavy atom. The fraction of sp³-hybridized carbons (Fsp3) is 0.625. The van der Waals surface area contributed by atoms with Crippen molar-refractivity contribution in [1.29, 1.82) is 0 Å². The van der Waals surface area contributed by atoms with E-state index in [4.69, 9.17) is 4.98 Å². The fourth-order valence-corrected chi connectivity index (χ4v) is 7.17. The van der Waals surface area contributed by atoms with E-state index in [1.165, 1.54) is 48.2 Å². The van der Waals surface area contributed by atoms with E-state index >= 15 is 0 Å². The first kappa shape index (κ1) is 20.6. The van der Waals surface area contributed by atoms with Gasteiger partial charge in [0.05, 0.1) is 11.6 Å². The number of hydrogen-bond donors (Lipinski definition) is 1. The van der Waals surface area contributed by atoms with E-state index in [0.29, 0.717) is 11.5 Å². The highest BCUT2D eigenvalue weighted by Gasteiger charge is 2.51. The van der Waals surface area contributed by atoms with E-state index in [-0.39, 0.29) is 0 Å². The monoisotopic (exact) mass is 451 g/mol. The lowest BCUT2D eigenvalue weighted by Gasteiger charge is -2.53. The number of nitrogens with one attached hydrogen (secondary N) is 1. The minimum absolute atomic E-state index is 0.397. The number of nitrogens with zero attached hydrogens (tertiary/aromatic N) is 6. The lowest BCUT2D eigenvalue weighted by molar-refractivity contribution is -0.0413. The molecule has 0 aliphatic carbocycles. The number of fused-ring (bicyclic) bond motifs is 1. The summed E-state index contributed by atoms with van der Waals surface area (Å²) in [6.45, 7) is 9.07. The second-order valence-corrected chi connectivity index (χ2v) is 11.2. The molecule has 1 spiro atoms. The number of anilines is 1. The van der Waals surface area contributed by atoms with Gasteiger partial charge in [-0.1, -0.05) is 6.92 Å². The fourth-order valence-electron chi connectivity index (χ4n) is 6.24. The van der Waals surface area contributed by atoms with Crippen LogP contribution in [0.15, 0.2) is 24.8 Å². The molecule has 1 N–H and O–H groups in total. The molecule has 0 unspecified atom stereocenters. The summed E-state index contributed by atoms with van der Waals surface area (Å²) in [5.74, 6) is 1.86. The maximum Gasteiger partial charge on any atom is 0.140 e. The molecule has 0 bridgehead atoms. The van der Waals surface area contributed by atoms with Crippen molar-refractivity contribution in [3.8, 4) is 0 Å². The van der Waals surface area contributed by atoms with Crippen LogP contribution in [0, 0.1) is 11.3 Å². The van der Waals surface area contributed by atoms with Crippen molar-refractivity contribution in [3.63, 3.8) is 0 Å². The molecule has 0 saturated carbocycles. The lowest BCUT2D eigenvalue weighted by Crippen LogP contribution is -2.59. The molecule has 6 rings (SSSR count). The molecule has 170 valence electrons. The molecule has 0 radical (unpaired) electrons. The Hall–Kier alpha value is -2.03. The minimum Gasteiger partial charge on any atom is -0.355 e. The first-order valence-corrected chi connectivity index (χ1v) is 12.9. The van der Waals surface area contributed by atoms with Crippen LogP contribution in [0.2, 0.25) is 0 Å². The van der Waals surface area contributed by atoms with E-state index < -0.39 is 0 Å². The molecule has 3 aromatic heterocycles. The van der Waals surface area contributed by atoms with Gasteiger partial charge >= 0.3 is 0 Å². The van der Waals surface area contributed by atoms with Gasteiger partial charge in [-0.15, -0.1) is 11.3 Å². The van der Waals surface area contributed by atoms with Crippen molar-refractivity contribution < 1.29 is 0 Å². The van der Waals surface area contributed by atoms with Crippen LogP contribution >= 0.6 is 11.3 Å². The van der Waals surface area contributed by atoms with Crippen LogP contribution in [-0.4, -0.2) is 63.9 Å². The smallest absolute Gasteiger partial charge is 0.140 e. The van der Waals surface area contributed by atoms with Gasteiger partial charge in [0.1, 0.15) is 17.0 Å². The number of likely N-dealkylation sites (tertiary alicyclic amines) is 1.